The first-order valence-corrected chi connectivity index (χ1v) is 5.40. The second-order valence-corrected chi connectivity index (χ2v) is 4.46. The van der Waals surface area contributed by atoms with Crippen molar-refractivity contribution < 1.29 is 5.11 Å². The molecule has 1 aromatic heterocycles. The van der Waals surface area contributed by atoms with Gasteiger partial charge in [-0.15, -0.1) is 11.3 Å². The van der Waals surface area contributed by atoms with Crippen LogP contribution in [0.1, 0.15) is 16.5 Å². The zero-order chi connectivity index (χ0) is 10.1. The van der Waals surface area contributed by atoms with Crippen molar-refractivity contribution >= 4 is 21.4 Å². The van der Waals surface area contributed by atoms with Crippen LogP contribution >= 0.6 is 11.3 Å². The monoisotopic (exact) mass is 207 g/mol. The van der Waals surface area contributed by atoms with Crippen LogP contribution in [0.5, 0.6) is 0 Å². The Kier molecular flexibility index (Phi) is 2.54. The predicted molar refractivity (Wildman–Crippen MR) is 60.6 cm³/mol. The van der Waals surface area contributed by atoms with Gasteiger partial charge in [-0.2, -0.15) is 0 Å². The molecule has 0 aliphatic carbocycles. The van der Waals surface area contributed by atoms with Gasteiger partial charge in [0.05, 0.1) is 12.6 Å². The van der Waals surface area contributed by atoms with Crippen LogP contribution in [0.4, 0.5) is 0 Å². The quantitative estimate of drug-likeness (QED) is 0.793. The molecule has 0 bridgehead atoms. The van der Waals surface area contributed by atoms with Crippen molar-refractivity contribution in [3.05, 3.63) is 34.7 Å². The first-order valence-electron chi connectivity index (χ1n) is 4.58. The van der Waals surface area contributed by atoms with E-state index in [0.29, 0.717) is 0 Å². The van der Waals surface area contributed by atoms with Crippen molar-refractivity contribution in [3.8, 4) is 0 Å². The molecule has 0 radical (unpaired) electrons. The number of nitrogens with two attached hydrogens (primary N) is 1. The summed E-state index contributed by atoms with van der Waals surface area (Å²) in [5.41, 5.74) is 7.02. The van der Waals surface area contributed by atoms with Crippen LogP contribution in [0.3, 0.4) is 0 Å². The summed E-state index contributed by atoms with van der Waals surface area (Å²) in [4.78, 5) is 1.09. The second-order valence-electron chi connectivity index (χ2n) is 3.38. The van der Waals surface area contributed by atoms with Gasteiger partial charge < -0.3 is 10.8 Å². The summed E-state index contributed by atoms with van der Waals surface area (Å²) in [6, 6.07) is 7.98. The van der Waals surface area contributed by atoms with Crippen molar-refractivity contribution in [2.75, 3.05) is 6.61 Å². The third-order valence-electron chi connectivity index (χ3n) is 2.41. The third kappa shape index (κ3) is 1.43. The fourth-order valence-corrected chi connectivity index (χ4v) is 2.83. The molecule has 74 valence electrons. The topological polar surface area (TPSA) is 46.2 Å². The number of thiophene rings is 1. The lowest BCUT2D eigenvalue weighted by atomic mass is 10.1. The summed E-state index contributed by atoms with van der Waals surface area (Å²) in [6.45, 7) is 2.07. The van der Waals surface area contributed by atoms with Gasteiger partial charge in [0, 0.05) is 9.58 Å². The predicted octanol–water partition coefficient (Wildman–Crippen LogP) is 2.20. The molecule has 14 heavy (non-hydrogen) atoms. The number of rotatable bonds is 2. The van der Waals surface area contributed by atoms with E-state index >= 15 is 0 Å². The van der Waals surface area contributed by atoms with Crippen LogP contribution < -0.4 is 5.73 Å². The summed E-state index contributed by atoms with van der Waals surface area (Å²) in [7, 11) is 0. The van der Waals surface area contributed by atoms with Crippen LogP contribution in [-0.2, 0) is 0 Å². The van der Waals surface area contributed by atoms with Crippen LogP contribution in [0.25, 0.3) is 10.1 Å². The largest absolute Gasteiger partial charge is 0.394 e. The van der Waals surface area contributed by atoms with Crippen molar-refractivity contribution in [1.82, 2.24) is 0 Å². The normalized spacial score (nSPS) is 13.4. The standard InChI is InChI=1S/C11H13NOS/c1-7-8-4-2-3-5-10(8)14-11(7)9(12)6-13/h2-5,9,13H,6,12H2,1H3/t9-/m0/s1. The Hall–Kier alpha value is -0.900. The Morgan fingerprint density at radius 2 is 2.14 bits per heavy atom. The minimum Gasteiger partial charge on any atom is -0.394 e. The Morgan fingerprint density at radius 1 is 1.43 bits per heavy atom. The molecular weight excluding hydrogens is 194 g/mol. The van der Waals surface area contributed by atoms with Crippen molar-refractivity contribution in [3.63, 3.8) is 0 Å². The van der Waals surface area contributed by atoms with E-state index in [1.165, 1.54) is 15.6 Å². The van der Waals surface area contributed by atoms with E-state index < -0.39 is 0 Å². The summed E-state index contributed by atoms with van der Waals surface area (Å²) >= 11 is 1.67. The zero-order valence-corrected chi connectivity index (χ0v) is 8.84. The van der Waals surface area contributed by atoms with Crippen LogP contribution in [0, 0.1) is 6.92 Å². The highest BCUT2D eigenvalue weighted by Crippen LogP contribution is 2.33. The van der Waals surface area contributed by atoms with E-state index in [9.17, 15) is 0 Å². The number of aliphatic hydroxyl groups is 1. The molecule has 0 aliphatic rings. The molecule has 0 amide bonds. The lowest BCUT2D eigenvalue weighted by Crippen LogP contribution is -2.13. The lowest BCUT2D eigenvalue weighted by Gasteiger charge is -2.05. The van der Waals surface area contributed by atoms with Crippen LogP contribution in [0.2, 0.25) is 0 Å². The van der Waals surface area contributed by atoms with Gasteiger partial charge in [-0.05, 0) is 23.9 Å². The average molecular weight is 207 g/mol. The van der Waals surface area contributed by atoms with E-state index in [1.807, 2.05) is 12.1 Å². The fourth-order valence-electron chi connectivity index (χ4n) is 1.63. The minimum atomic E-state index is -0.243. The molecule has 1 aromatic carbocycles. The van der Waals surface area contributed by atoms with Gasteiger partial charge in [-0.3, -0.25) is 0 Å². The van der Waals surface area contributed by atoms with Gasteiger partial charge in [0.15, 0.2) is 0 Å². The van der Waals surface area contributed by atoms with Gasteiger partial charge in [0.25, 0.3) is 0 Å². The van der Waals surface area contributed by atoms with E-state index in [4.69, 9.17) is 10.8 Å². The molecule has 0 saturated heterocycles. The molecule has 1 heterocycles. The molecule has 1 atom stereocenters. The average Bonchev–Trinajstić information content (AvgIpc) is 2.56. The number of fused-ring (bicyclic) bond motifs is 1. The van der Waals surface area contributed by atoms with Crippen molar-refractivity contribution in [2.45, 2.75) is 13.0 Å². The van der Waals surface area contributed by atoms with Crippen LogP contribution in [-0.4, -0.2) is 11.7 Å². The molecule has 3 heteroatoms. The minimum absolute atomic E-state index is 0.00760. The molecule has 0 spiro atoms. The maximum absolute atomic E-state index is 9.02. The van der Waals surface area contributed by atoms with Crippen molar-refractivity contribution in [1.29, 1.82) is 0 Å². The van der Waals surface area contributed by atoms with E-state index in [1.54, 1.807) is 11.3 Å². The zero-order valence-electron chi connectivity index (χ0n) is 8.03. The first kappa shape index (κ1) is 9.65. The molecule has 3 N–H and O–H groups in total. The summed E-state index contributed by atoms with van der Waals surface area (Å²) < 4.78 is 1.24. The Morgan fingerprint density at radius 3 is 2.79 bits per heavy atom. The Bertz CT molecular complexity index is 449. The third-order valence-corrected chi connectivity index (χ3v) is 3.82. The highest BCUT2D eigenvalue weighted by atomic mass is 32.1. The fraction of sp³-hybridized carbons (Fsp3) is 0.273. The molecule has 2 rings (SSSR count). The van der Waals surface area contributed by atoms with Crippen LogP contribution in [0.15, 0.2) is 24.3 Å². The number of benzene rings is 1. The highest BCUT2D eigenvalue weighted by Gasteiger charge is 2.13. The molecule has 0 fully saturated rings. The molecule has 2 aromatic rings. The van der Waals surface area contributed by atoms with Gasteiger partial charge in [-0.25, -0.2) is 0 Å². The highest BCUT2D eigenvalue weighted by molar-refractivity contribution is 7.19. The first-order chi connectivity index (χ1) is 6.74. The van der Waals surface area contributed by atoms with Gasteiger partial charge >= 0.3 is 0 Å². The number of hydrogen-bond acceptors (Lipinski definition) is 3. The van der Waals surface area contributed by atoms with Gasteiger partial charge in [0.2, 0.25) is 0 Å². The molecule has 0 saturated carbocycles. The summed E-state index contributed by atoms with van der Waals surface area (Å²) in [5, 5.41) is 10.3. The van der Waals surface area contributed by atoms with Gasteiger partial charge in [0.1, 0.15) is 0 Å². The second kappa shape index (κ2) is 3.69. The van der Waals surface area contributed by atoms with E-state index in [2.05, 4.69) is 19.1 Å². The van der Waals surface area contributed by atoms with Crippen molar-refractivity contribution in [2.24, 2.45) is 5.73 Å². The lowest BCUT2D eigenvalue weighted by molar-refractivity contribution is 0.269. The number of aliphatic hydroxyl groups excluding tert-OH is 1. The summed E-state index contributed by atoms with van der Waals surface area (Å²) in [5.74, 6) is 0. The van der Waals surface area contributed by atoms with Gasteiger partial charge in [-0.1, -0.05) is 18.2 Å². The molecule has 2 nitrogen and oxygen atoms in total. The maximum Gasteiger partial charge on any atom is 0.0632 e. The van der Waals surface area contributed by atoms with E-state index in [0.717, 1.165) is 4.88 Å². The number of hydrogen-bond donors (Lipinski definition) is 2. The molecule has 0 unspecified atom stereocenters. The van der Waals surface area contributed by atoms with E-state index in [-0.39, 0.29) is 12.6 Å². The SMILES string of the molecule is Cc1c([C@@H](N)CO)sc2ccccc12. The molecular formula is C11H13NOS. The summed E-state index contributed by atoms with van der Waals surface area (Å²) in [6.07, 6.45) is 0. The molecule has 0 aliphatic heterocycles. The Labute approximate surface area is 87.0 Å². The maximum atomic E-state index is 9.02. The smallest absolute Gasteiger partial charge is 0.0632 e. The number of aryl methyl sites for hydroxylation is 1. The Balaban J connectivity index is 2.62.